The zero-order valence-corrected chi connectivity index (χ0v) is 11.6. The molecule has 1 amide bonds. The minimum absolute atomic E-state index is 0.132. The maximum Gasteiger partial charge on any atom is 0.231 e. The van der Waals surface area contributed by atoms with Crippen molar-refractivity contribution < 1.29 is 4.79 Å². The number of hydrogen-bond donors (Lipinski definition) is 1. The number of anilines is 1. The Kier molecular flexibility index (Phi) is 3.82. The molecular weight excluding hydrogens is 280 g/mol. The van der Waals surface area contributed by atoms with E-state index in [1.165, 1.54) is 0 Å². The van der Waals surface area contributed by atoms with Gasteiger partial charge in [0.1, 0.15) is 5.82 Å². The number of aromatic nitrogens is 1. The highest BCUT2D eigenvalue weighted by Gasteiger charge is 2.39. The molecule has 0 unspecified atom stereocenters. The Labute approximate surface area is 110 Å². The van der Waals surface area contributed by atoms with E-state index < -0.39 is 0 Å². The van der Waals surface area contributed by atoms with Crippen LogP contribution in [-0.2, 0) is 4.79 Å². The molecule has 0 radical (unpaired) electrons. The number of pyridine rings is 1. The van der Waals surface area contributed by atoms with Crippen LogP contribution in [0.4, 0.5) is 5.82 Å². The van der Waals surface area contributed by atoms with Gasteiger partial charge in [-0.25, -0.2) is 4.98 Å². The molecule has 17 heavy (non-hydrogen) atoms. The summed E-state index contributed by atoms with van der Waals surface area (Å²) in [5.41, 5.74) is -0.158. The lowest BCUT2D eigenvalue weighted by atomic mass is 9.82. The van der Waals surface area contributed by atoms with Crippen molar-refractivity contribution in [3.8, 4) is 0 Å². The van der Waals surface area contributed by atoms with E-state index in [1.54, 1.807) is 6.20 Å². The van der Waals surface area contributed by atoms with E-state index in [-0.39, 0.29) is 11.3 Å². The van der Waals surface area contributed by atoms with E-state index in [1.807, 2.05) is 12.1 Å². The fourth-order valence-electron chi connectivity index (χ4n) is 2.49. The average molecular weight is 297 g/mol. The van der Waals surface area contributed by atoms with Crippen molar-refractivity contribution in [3.05, 3.63) is 22.8 Å². The average Bonchev–Trinajstić information content (AvgIpc) is 2.82. The van der Waals surface area contributed by atoms with Crippen molar-refractivity contribution in [2.45, 2.75) is 39.0 Å². The van der Waals surface area contributed by atoms with Gasteiger partial charge in [0.05, 0.1) is 0 Å². The van der Waals surface area contributed by atoms with Crippen LogP contribution in [0.2, 0.25) is 0 Å². The van der Waals surface area contributed by atoms with Gasteiger partial charge in [0.2, 0.25) is 5.91 Å². The van der Waals surface area contributed by atoms with Crippen molar-refractivity contribution in [3.63, 3.8) is 0 Å². The van der Waals surface area contributed by atoms with Gasteiger partial charge in [-0.15, -0.1) is 0 Å². The Balaban J connectivity index is 2.08. The van der Waals surface area contributed by atoms with Crippen molar-refractivity contribution in [1.29, 1.82) is 0 Å². The lowest BCUT2D eigenvalue weighted by molar-refractivity contribution is -0.125. The Bertz CT molecular complexity index is 396. The molecule has 1 saturated carbocycles. The standard InChI is InChI=1S/C13H17BrN2O/c1-2-13(7-3-4-8-13)12(17)16-11-6-5-10(14)9-15-11/h5-6,9H,2-4,7-8H2,1H3,(H,15,16,17). The van der Waals surface area contributed by atoms with E-state index in [0.717, 1.165) is 36.6 Å². The van der Waals surface area contributed by atoms with Crippen molar-refractivity contribution in [1.82, 2.24) is 4.98 Å². The molecule has 0 aromatic carbocycles. The highest BCUT2D eigenvalue weighted by atomic mass is 79.9. The molecule has 4 heteroatoms. The minimum Gasteiger partial charge on any atom is -0.310 e. The van der Waals surface area contributed by atoms with Crippen LogP contribution in [0.5, 0.6) is 0 Å². The van der Waals surface area contributed by atoms with Crippen LogP contribution in [0, 0.1) is 5.41 Å². The zero-order valence-electron chi connectivity index (χ0n) is 10.0. The maximum atomic E-state index is 12.3. The summed E-state index contributed by atoms with van der Waals surface area (Å²) in [6, 6.07) is 3.70. The number of nitrogens with one attached hydrogen (secondary N) is 1. The molecule has 0 bridgehead atoms. The van der Waals surface area contributed by atoms with Gasteiger partial charge in [0, 0.05) is 16.1 Å². The van der Waals surface area contributed by atoms with Crippen LogP contribution in [-0.4, -0.2) is 10.9 Å². The number of rotatable bonds is 3. The molecule has 3 nitrogen and oxygen atoms in total. The van der Waals surface area contributed by atoms with E-state index >= 15 is 0 Å². The predicted molar refractivity (Wildman–Crippen MR) is 71.8 cm³/mol. The summed E-state index contributed by atoms with van der Waals surface area (Å²) in [5, 5.41) is 2.93. The highest BCUT2D eigenvalue weighted by molar-refractivity contribution is 9.10. The third kappa shape index (κ3) is 2.68. The molecule has 1 heterocycles. The fraction of sp³-hybridized carbons (Fsp3) is 0.538. The third-order valence-corrected chi connectivity index (χ3v) is 4.16. The molecule has 1 aromatic heterocycles. The van der Waals surface area contributed by atoms with Gasteiger partial charge in [0.25, 0.3) is 0 Å². The van der Waals surface area contributed by atoms with Crippen molar-refractivity contribution in [2.24, 2.45) is 5.41 Å². The summed E-state index contributed by atoms with van der Waals surface area (Å²) in [4.78, 5) is 16.5. The van der Waals surface area contributed by atoms with E-state index in [0.29, 0.717) is 5.82 Å². The van der Waals surface area contributed by atoms with E-state index in [2.05, 4.69) is 33.2 Å². The van der Waals surface area contributed by atoms with Gasteiger partial charge in [-0.2, -0.15) is 0 Å². The van der Waals surface area contributed by atoms with Gasteiger partial charge in [0.15, 0.2) is 0 Å². The molecule has 1 aliphatic carbocycles. The number of halogens is 1. The zero-order chi connectivity index (χ0) is 12.3. The Morgan fingerprint density at radius 3 is 2.71 bits per heavy atom. The van der Waals surface area contributed by atoms with Gasteiger partial charge in [-0.3, -0.25) is 4.79 Å². The van der Waals surface area contributed by atoms with Crippen LogP contribution in [0.15, 0.2) is 22.8 Å². The second kappa shape index (κ2) is 5.17. The first-order chi connectivity index (χ1) is 8.16. The number of nitrogens with zero attached hydrogens (tertiary/aromatic N) is 1. The minimum atomic E-state index is -0.158. The van der Waals surface area contributed by atoms with Crippen LogP contribution in [0.1, 0.15) is 39.0 Å². The molecule has 1 N–H and O–H groups in total. The first kappa shape index (κ1) is 12.6. The summed E-state index contributed by atoms with van der Waals surface area (Å²) in [6.07, 6.45) is 6.94. The molecule has 0 saturated heterocycles. The quantitative estimate of drug-likeness (QED) is 0.923. The maximum absolute atomic E-state index is 12.3. The van der Waals surface area contributed by atoms with E-state index in [9.17, 15) is 4.79 Å². The Morgan fingerprint density at radius 1 is 1.47 bits per heavy atom. The summed E-state index contributed by atoms with van der Waals surface area (Å²) in [6.45, 7) is 2.10. The molecular formula is C13H17BrN2O. The normalized spacial score (nSPS) is 18.0. The van der Waals surface area contributed by atoms with Gasteiger partial charge in [-0.05, 0) is 47.3 Å². The van der Waals surface area contributed by atoms with E-state index in [4.69, 9.17) is 0 Å². The second-order valence-electron chi connectivity index (χ2n) is 4.66. The first-order valence-electron chi connectivity index (χ1n) is 6.09. The van der Waals surface area contributed by atoms with Gasteiger partial charge >= 0.3 is 0 Å². The second-order valence-corrected chi connectivity index (χ2v) is 5.57. The number of carbonyl (C=O) groups is 1. The third-order valence-electron chi connectivity index (χ3n) is 3.69. The molecule has 1 aromatic rings. The number of hydrogen-bond acceptors (Lipinski definition) is 2. The molecule has 0 aliphatic heterocycles. The molecule has 2 rings (SSSR count). The largest absolute Gasteiger partial charge is 0.310 e. The SMILES string of the molecule is CCC1(C(=O)Nc2ccc(Br)cn2)CCCC1. The van der Waals surface area contributed by atoms with Crippen molar-refractivity contribution in [2.75, 3.05) is 5.32 Å². The van der Waals surface area contributed by atoms with Crippen LogP contribution in [0.3, 0.4) is 0 Å². The lowest BCUT2D eigenvalue weighted by Crippen LogP contribution is -2.33. The number of amides is 1. The summed E-state index contributed by atoms with van der Waals surface area (Å²) < 4.78 is 0.918. The summed E-state index contributed by atoms with van der Waals surface area (Å²) in [7, 11) is 0. The Morgan fingerprint density at radius 2 is 2.18 bits per heavy atom. The first-order valence-corrected chi connectivity index (χ1v) is 6.89. The Hall–Kier alpha value is -0.900. The van der Waals surface area contributed by atoms with Crippen LogP contribution >= 0.6 is 15.9 Å². The van der Waals surface area contributed by atoms with Crippen LogP contribution < -0.4 is 5.32 Å². The summed E-state index contributed by atoms with van der Waals surface area (Å²) in [5.74, 6) is 0.769. The predicted octanol–water partition coefficient (Wildman–Crippen LogP) is 3.75. The van der Waals surface area contributed by atoms with Crippen LogP contribution in [0.25, 0.3) is 0 Å². The topological polar surface area (TPSA) is 42.0 Å². The highest BCUT2D eigenvalue weighted by Crippen LogP contribution is 2.41. The smallest absolute Gasteiger partial charge is 0.231 e. The molecule has 1 aliphatic rings. The number of carbonyl (C=O) groups excluding carboxylic acids is 1. The lowest BCUT2D eigenvalue weighted by Gasteiger charge is -2.25. The fourth-order valence-corrected chi connectivity index (χ4v) is 2.73. The summed E-state index contributed by atoms with van der Waals surface area (Å²) >= 11 is 3.33. The van der Waals surface area contributed by atoms with Crippen molar-refractivity contribution >= 4 is 27.7 Å². The molecule has 0 spiro atoms. The molecule has 92 valence electrons. The van der Waals surface area contributed by atoms with Gasteiger partial charge < -0.3 is 5.32 Å². The van der Waals surface area contributed by atoms with Gasteiger partial charge in [-0.1, -0.05) is 19.8 Å². The molecule has 1 fully saturated rings. The monoisotopic (exact) mass is 296 g/mol. The molecule has 0 atom stereocenters.